The van der Waals surface area contributed by atoms with Gasteiger partial charge in [-0.15, -0.1) is 0 Å². The molecule has 1 aromatic heterocycles. The molecule has 2 fully saturated rings. The molecule has 2 aliphatic rings. The van der Waals surface area contributed by atoms with Gasteiger partial charge in [0.25, 0.3) is 0 Å². The van der Waals surface area contributed by atoms with Gasteiger partial charge < -0.3 is 9.31 Å². The molecule has 2 aliphatic heterocycles. The quantitative estimate of drug-likeness (QED) is 0.764. The maximum Gasteiger partial charge on any atom is 0.498 e. The van der Waals surface area contributed by atoms with E-state index in [0.29, 0.717) is 0 Å². The first-order valence-corrected chi connectivity index (χ1v) is 7.54. The number of nitrogens with zero attached hydrogens (tertiary/aromatic N) is 3. The lowest BCUT2D eigenvalue weighted by Crippen LogP contribution is -2.41. The third-order valence-corrected chi connectivity index (χ3v) is 4.74. The van der Waals surface area contributed by atoms with E-state index >= 15 is 0 Å². The van der Waals surface area contributed by atoms with Crippen LogP contribution in [-0.2, 0) is 9.31 Å². The molecule has 0 unspecified atom stereocenters. The van der Waals surface area contributed by atoms with E-state index in [1.165, 1.54) is 19.3 Å². The van der Waals surface area contributed by atoms with Crippen LogP contribution >= 0.6 is 0 Å². The van der Waals surface area contributed by atoms with Crippen molar-refractivity contribution < 1.29 is 9.31 Å². The minimum Gasteiger partial charge on any atom is -0.399 e. The SMILES string of the molecule is CC1(C)OB(c2cnn(N3CCCCC3)c2)OC1(C)C. The normalized spacial score (nSPS) is 25.2. The molecule has 0 aliphatic carbocycles. The molecule has 0 bridgehead atoms. The third kappa shape index (κ3) is 2.35. The number of aromatic nitrogens is 2. The smallest absolute Gasteiger partial charge is 0.399 e. The average Bonchev–Trinajstić information content (AvgIpc) is 2.94. The highest BCUT2D eigenvalue weighted by molar-refractivity contribution is 6.62. The zero-order valence-electron chi connectivity index (χ0n) is 12.9. The highest BCUT2D eigenvalue weighted by Gasteiger charge is 2.52. The van der Waals surface area contributed by atoms with Gasteiger partial charge in [0.1, 0.15) is 0 Å². The van der Waals surface area contributed by atoms with E-state index in [9.17, 15) is 0 Å². The molecule has 0 amide bonds. The Kier molecular flexibility index (Phi) is 3.33. The van der Waals surface area contributed by atoms with Crippen LogP contribution < -0.4 is 10.5 Å². The van der Waals surface area contributed by atoms with Crippen LogP contribution in [0.25, 0.3) is 0 Å². The number of piperidine rings is 1. The Bertz CT molecular complexity index is 465. The molecule has 1 aromatic rings. The first kappa shape index (κ1) is 14.0. The summed E-state index contributed by atoms with van der Waals surface area (Å²) in [5, 5.41) is 6.74. The minimum absolute atomic E-state index is 0.301. The van der Waals surface area contributed by atoms with E-state index in [-0.39, 0.29) is 18.3 Å². The molecule has 0 saturated carbocycles. The summed E-state index contributed by atoms with van der Waals surface area (Å²) in [6.07, 6.45) is 7.70. The van der Waals surface area contributed by atoms with E-state index in [1.54, 1.807) is 0 Å². The fourth-order valence-electron chi connectivity index (χ4n) is 2.66. The van der Waals surface area contributed by atoms with Crippen molar-refractivity contribution in [2.45, 2.75) is 58.2 Å². The summed E-state index contributed by atoms with van der Waals surface area (Å²) in [6.45, 7) is 10.4. The summed E-state index contributed by atoms with van der Waals surface area (Å²) < 4.78 is 12.1. The lowest BCUT2D eigenvalue weighted by molar-refractivity contribution is 0.00578. The molecule has 3 heterocycles. The first-order chi connectivity index (χ1) is 9.39. The van der Waals surface area contributed by atoms with Gasteiger partial charge in [0.15, 0.2) is 0 Å². The van der Waals surface area contributed by atoms with Crippen molar-refractivity contribution in [3.05, 3.63) is 12.4 Å². The standard InChI is InChI=1S/C14H24BN3O2/c1-13(2)14(3,4)20-15(19-13)12-10-16-18(11-12)17-8-6-5-7-9-17/h10-11H,5-9H2,1-4H3. The Morgan fingerprint density at radius 3 is 2.25 bits per heavy atom. The molecule has 20 heavy (non-hydrogen) atoms. The molecular formula is C14H24BN3O2. The highest BCUT2D eigenvalue weighted by atomic mass is 16.7. The van der Waals surface area contributed by atoms with Crippen LogP contribution in [0.2, 0.25) is 0 Å². The van der Waals surface area contributed by atoms with E-state index in [0.717, 1.165) is 18.6 Å². The Morgan fingerprint density at radius 1 is 1.05 bits per heavy atom. The van der Waals surface area contributed by atoms with Gasteiger partial charge in [-0.3, -0.25) is 5.01 Å². The van der Waals surface area contributed by atoms with E-state index in [2.05, 4.69) is 37.8 Å². The molecule has 110 valence electrons. The van der Waals surface area contributed by atoms with Crippen molar-refractivity contribution in [1.29, 1.82) is 0 Å². The molecule has 2 saturated heterocycles. The number of hydrogen-bond donors (Lipinski definition) is 0. The minimum atomic E-state index is -0.321. The van der Waals surface area contributed by atoms with E-state index < -0.39 is 0 Å². The summed E-state index contributed by atoms with van der Waals surface area (Å²) in [5.74, 6) is 0. The summed E-state index contributed by atoms with van der Waals surface area (Å²) in [7, 11) is -0.321. The van der Waals surface area contributed by atoms with Crippen LogP contribution in [0.4, 0.5) is 0 Å². The van der Waals surface area contributed by atoms with Crippen molar-refractivity contribution in [2.75, 3.05) is 18.1 Å². The summed E-state index contributed by atoms with van der Waals surface area (Å²) in [5.41, 5.74) is 0.393. The van der Waals surface area contributed by atoms with Crippen LogP contribution in [0.15, 0.2) is 12.4 Å². The predicted molar refractivity (Wildman–Crippen MR) is 79.7 cm³/mol. The maximum atomic E-state index is 6.06. The monoisotopic (exact) mass is 277 g/mol. The summed E-state index contributed by atoms with van der Waals surface area (Å²) >= 11 is 0. The van der Waals surface area contributed by atoms with Crippen molar-refractivity contribution in [3.8, 4) is 0 Å². The van der Waals surface area contributed by atoms with Crippen molar-refractivity contribution in [1.82, 2.24) is 9.89 Å². The number of hydrogen-bond acceptors (Lipinski definition) is 4. The second-order valence-electron chi connectivity index (χ2n) is 6.80. The first-order valence-electron chi connectivity index (χ1n) is 7.54. The van der Waals surface area contributed by atoms with Gasteiger partial charge in [-0.1, -0.05) is 0 Å². The fourth-order valence-corrected chi connectivity index (χ4v) is 2.66. The maximum absolute atomic E-state index is 6.06. The van der Waals surface area contributed by atoms with E-state index in [1.807, 2.05) is 17.2 Å². The van der Waals surface area contributed by atoms with Crippen molar-refractivity contribution >= 4 is 12.6 Å². The fraction of sp³-hybridized carbons (Fsp3) is 0.786. The van der Waals surface area contributed by atoms with E-state index in [4.69, 9.17) is 9.31 Å². The molecule has 0 atom stereocenters. The van der Waals surface area contributed by atoms with Crippen molar-refractivity contribution in [2.24, 2.45) is 0 Å². The molecule has 0 spiro atoms. The van der Waals surface area contributed by atoms with Gasteiger partial charge >= 0.3 is 7.12 Å². The van der Waals surface area contributed by atoms with Gasteiger partial charge in [-0.05, 0) is 47.0 Å². The average molecular weight is 277 g/mol. The molecule has 5 nitrogen and oxygen atoms in total. The molecule has 3 rings (SSSR count). The molecule has 0 N–H and O–H groups in total. The molecule has 0 aromatic carbocycles. The number of rotatable bonds is 2. The van der Waals surface area contributed by atoms with Gasteiger partial charge in [-0.2, -0.15) is 9.89 Å². The van der Waals surface area contributed by atoms with Crippen molar-refractivity contribution in [3.63, 3.8) is 0 Å². The Morgan fingerprint density at radius 2 is 1.65 bits per heavy atom. The molecular weight excluding hydrogens is 253 g/mol. The molecule has 0 radical (unpaired) electrons. The lowest BCUT2D eigenvalue weighted by atomic mass is 9.82. The summed E-state index contributed by atoms with van der Waals surface area (Å²) in [4.78, 5) is 1.94. The van der Waals surface area contributed by atoms with Crippen LogP contribution in [0.1, 0.15) is 47.0 Å². The Balaban J connectivity index is 1.74. The zero-order chi connectivity index (χ0) is 14.4. The Labute approximate surface area is 121 Å². The van der Waals surface area contributed by atoms with Gasteiger partial charge in [0.05, 0.1) is 17.4 Å². The lowest BCUT2D eigenvalue weighted by Gasteiger charge is -2.32. The predicted octanol–water partition coefficient (Wildman–Crippen LogP) is 1.30. The Hall–Kier alpha value is -1.01. The van der Waals surface area contributed by atoms with Crippen LogP contribution in [0.5, 0.6) is 0 Å². The van der Waals surface area contributed by atoms with Crippen LogP contribution in [0.3, 0.4) is 0 Å². The van der Waals surface area contributed by atoms with Gasteiger partial charge in [0.2, 0.25) is 0 Å². The van der Waals surface area contributed by atoms with Gasteiger partial charge in [0, 0.05) is 24.7 Å². The second kappa shape index (κ2) is 4.77. The van der Waals surface area contributed by atoms with Crippen LogP contribution in [-0.4, -0.2) is 41.3 Å². The third-order valence-electron chi connectivity index (χ3n) is 4.74. The highest BCUT2D eigenvalue weighted by Crippen LogP contribution is 2.36. The van der Waals surface area contributed by atoms with Gasteiger partial charge in [-0.25, -0.2) is 0 Å². The summed E-state index contributed by atoms with van der Waals surface area (Å²) in [6, 6.07) is 0. The zero-order valence-corrected chi connectivity index (χ0v) is 12.9. The molecule has 6 heteroatoms. The topological polar surface area (TPSA) is 39.5 Å². The second-order valence-corrected chi connectivity index (χ2v) is 6.80. The van der Waals surface area contributed by atoms with Crippen LogP contribution in [0, 0.1) is 0 Å². The largest absolute Gasteiger partial charge is 0.498 e.